The number of aliphatic hydroxyl groups is 1. The molecule has 0 radical (unpaired) electrons. The smallest absolute Gasteiger partial charge is 0.258 e. The molecule has 0 heterocycles. The first-order valence-corrected chi connectivity index (χ1v) is 8.64. The summed E-state index contributed by atoms with van der Waals surface area (Å²) in [7, 11) is 2.99. The van der Waals surface area contributed by atoms with Crippen LogP contribution in [0, 0.1) is 0 Å². The highest BCUT2D eigenvalue weighted by atomic mass is 32.2. The lowest BCUT2D eigenvalue weighted by Crippen LogP contribution is -2.29. The zero-order chi connectivity index (χ0) is 17.5. The first-order valence-electron chi connectivity index (χ1n) is 7.42. The van der Waals surface area contributed by atoms with Crippen LogP contribution in [0.15, 0.2) is 47.4 Å². The average Bonchev–Trinajstić information content (AvgIpc) is 2.65. The number of benzene rings is 2. The second kappa shape index (κ2) is 8.61. The van der Waals surface area contributed by atoms with Gasteiger partial charge in [-0.1, -0.05) is 18.2 Å². The highest BCUT2D eigenvalue weighted by Gasteiger charge is 2.19. The van der Waals surface area contributed by atoms with Crippen molar-refractivity contribution in [3.8, 4) is 11.5 Å². The minimum absolute atomic E-state index is 0.0959. The first-order chi connectivity index (χ1) is 11.6. The van der Waals surface area contributed by atoms with Gasteiger partial charge in [0.15, 0.2) is 0 Å². The van der Waals surface area contributed by atoms with Crippen molar-refractivity contribution in [3.63, 3.8) is 0 Å². The van der Waals surface area contributed by atoms with Crippen molar-refractivity contribution in [1.82, 2.24) is 5.32 Å². The van der Waals surface area contributed by atoms with Gasteiger partial charge in [-0.05, 0) is 36.1 Å². The fraction of sp³-hybridized carbons (Fsp3) is 0.278. The molecule has 5 nitrogen and oxygen atoms in total. The molecule has 0 aromatic heterocycles. The van der Waals surface area contributed by atoms with Gasteiger partial charge in [-0.15, -0.1) is 11.8 Å². The zero-order valence-electron chi connectivity index (χ0n) is 13.9. The number of ether oxygens (including phenoxy) is 2. The maximum absolute atomic E-state index is 12.5. The Labute approximate surface area is 146 Å². The molecule has 2 aromatic rings. The van der Waals surface area contributed by atoms with Crippen LogP contribution in [0.3, 0.4) is 0 Å². The molecule has 24 heavy (non-hydrogen) atoms. The quantitative estimate of drug-likeness (QED) is 0.754. The minimum Gasteiger partial charge on any atom is -0.496 e. The molecule has 128 valence electrons. The largest absolute Gasteiger partial charge is 0.496 e. The number of thioether (sulfide) groups is 1. The minimum atomic E-state index is -0.787. The molecule has 0 bridgehead atoms. The van der Waals surface area contributed by atoms with Crippen LogP contribution in [0.25, 0.3) is 0 Å². The van der Waals surface area contributed by atoms with Gasteiger partial charge >= 0.3 is 0 Å². The van der Waals surface area contributed by atoms with Crippen molar-refractivity contribution in [2.24, 2.45) is 0 Å². The van der Waals surface area contributed by atoms with E-state index in [0.717, 1.165) is 10.5 Å². The van der Waals surface area contributed by atoms with Crippen LogP contribution in [0.2, 0.25) is 0 Å². The maximum atomic E-state index is 12.5. The van der Waals surface area contributed by atoms with E-state index in [0.29, 0.717) is 17.1 Å². The summed E-state index contributed by atoms with van der Waals surface area (Å²) in [5.41, 5.74) is 1.06. The second-order valence-corrected chi connectivity index (χ2v) is 5.92. The van der Waals surface area contributed by atoms with Gasteiger partial charge in [-0.25, -0.2) is 0 Å². The lowest BCUT2D eigenvalue weighted by Gasteiger charge is -2.15. The molecule has 1 unspecified atom stereocenters. The van der Waals surface area contributed by atoms with Crippen LogP contribution >= 0.6 is 11.8 Å². The third-order valence-corrected chi connectivity index (χ3v) is 4.36. The third-order valence-electron chi connectivity index (χ3n) is 3.61. The summed E-state index contributed by atoms with van der Waals surface area (Å²) in [6.07, 6.45) is 1.21. The molecule has 0 saturated carbocycles. The van der Waals surface area contributed by atoms with E-state index in [1.165, 1.54) is 14.2 Å². The van der Waals surface area contributed by atoms with Crippen LogP contribution in [0.1, 0.15) is 22.0 Å². The summed E-state index contributed by atoms with van der Waals surface area (Å²) < 4.78 is 10.4. The molecule has 2 rings (SSSR count). The van der Waals surface area contributed by atoms with Crippen molar-refractivity contribution < 1.29 is 19.4 Å². The van der Waals surface area contributed by atoms with E-state index in [9.17, 15) is 9.90 Å². The van der Waals surface area contributed by atoms with Crippen molar-refractivity contribution >= 4 is 17.7 Å². The Morgan fingerprint density at radius 3 is 2.21 bits per heavy atom. The lowest BCUT2D eigenvalue weighted by molar-refractivity contribution is 0.0910. The Kier molecular flexibility index (Phi) is 6.52. The summed E-state index contributed by atoms with van der Waals surface area (Å²) >= 11 is 1.63. The molecule has 0 aliphatic rings. The van der Waals surface area contributed by atoms with Crippen LogP contribution in [0.4, 0.5) is 0 Å². The van der Waals surface area contributed by atoms with Gasteiger partial charge < -0.3 is 19.9 Å². The van der Waals surface area contributed by atoms with Gasteiger partial charge in [0.05, 0.1) is 20.3 Å². The standard InChI is InChI=1S/C18H21NO4S/c1-22-15-5-4-6-16(23-2)17(15)18(21)19-11-14(20)12-7-9-13(24-3)10-8-12/h4-10,14,20H,11H2,1-3H3,(H,19,21). The third kappa shape index (κ3) is 4.21. The fourth-order valence-corrected chi connectivity index (χ4v) is 2.70. The number of aliphatic hydroxyl groups excluding tert-OH is 1. The Morgan fingerprint density at radius 2 is 1.71 bits per heavy atom. The predicted octanol–water partition coefficient (Wildman–Crippen LogP) is 2.89. The molecule has 1 atom stereocenters. The van der Waals surface area contributed by atoms with Crippen molar-refractivity contribution in [3.05, 3.63) is 53.6 Å². The van der Waals surface area contributed by atoms with Crippen molar-refractivity contribution in [1.29, 1.82) is 0 Å². The highest BCUT2D eigenvalue weighted by molar-refractivity contribution is 7.98. The normalized spacial score (nSPS) is 11.7. The second-order valence-electron chi connectivity index (χ2n) is 5.04. The van der Waals surface area contributed by atoms with Crippen LogP contribution < -0.4 is 14.8 Å². The lowest BCUT2D eigenvalue weighted by atomic mass is 10.1. The van der Waals surface area contributed by atoms with E-state index in [1.807, 2.05) is 30.5 Å². The number of carbonyl (C=O) groups is 1. The number of hydrogen-bond donors (Lipinski definition) is 2. The highest BCUT2D eigenvalue weighted by Crippen LogP contribution is 2.28. The summed E-state index contributed by atoms with van der Waals surface area (Å²) in [4.78, 5) is 13.6. The Morgan fingerprint density at radius 1 is 1.12 bits per heavy atom. The van der Waals surface area contributed by atoms with E-state index in [-0.39, 0.29) is 12.5 Å². The molecular formula is C18H21NO4S. The molecule has 0 saturated heterocycles. The van der Waals surface area contributed by atoms with E-state index in [1.54, 1.807) is 30.0 Å². The number of nitrogens with one attached hydrogen (secondary N) is 1. The average molecular weight is 347 g/mol. The SMILES string of the molecule is COc1cccc(OC)c1C(=O)NCC(O)c1ccc(SC)cc1. The van der Waals surface area contributed by atoms with Crippen LogP contribution in [-0.2, 0) is 0 Å². The number of amides is 1. The molecule has 1 amide bonds. The van der Waals surface area contributed by atoms with Crippen LogP contribution in [-0.4, -0.2) is 38.0 Å². The Balaban J connectivity index is 2.07. The van der Waals surface area contributed by atoms with E-state index in [2.05, 4.69) is 5.32 Å². The van der Waals surface area contributed by atoms with E-state index >= 15 is 0 Å². The van der Waals surface area contributed by atoms with Crippen molar-refractivity contribution in [2.75, 3.05) is 27.0 Å². The molecule has 6 heteroatoms. The molecule has 0 aliphatic carbocycles. The Hall–Kier alpha value is -2.18. The van der Waals surface area contributed by atoms with Gasteiger partial charge in [0, 0.05) is 11.4 Å². The number of hydrogen-bond acceptors (Lipinski definition) is 5. The first kappa shape index (κ1) is 18.2. The number of methoxy groups -OCH3 is 2. The summed E-state index contributed by atoms with van der Waals surface area (Å²) in [6.45, 7) is 0.0959. The number of carbonyl (C=O) groups excluding carboxylic acids is 1. The molecular weight excluding hydrogens is 326 g/mol. The van der Waals surface area contributed by atoms with Crippen LogP contribution in [0.5, 0.6) is 11.5 Å². The topological polar surface area (TPSA) is 67.8 Å². The van der Waals surface area contributed by atoms with Gasteiger partial charge in [-0.2, -0.15) is 0 Å². The number of rotatable bonds is 7. The van der Waals surface area contributed by atoms with Gasteiger partial charge in [0.25, 0.3) is 5.91 Å². The fourth-order valence-electron chi connectivity index (χ4n) is 2.30. The van der Waals surface area contributed by atoms with E-state index in [4.69, 9.17) is 9.47 Å². The molecule has 2 N–H and O–H groups in total. The maximum Gasteiger partial charge on any atom is 0.258 e. The monoisotopic (exact) mass is 347 g/mol. The molecule has 0 fully saturated rings. The van der Waals surface area contributed by atoms with E-state index < -0.39 is 6.10 Å². The summed E-state index contributed by atoms with van der Waals surface area (Å²) in [5, 5.41) is 13.0. The van der Waals surface area contributed by atoms with Crippen molar-refractivity contribution in [2.45, 2.75) is 11.0 Å². The predicted molar refractivity (Wildman–Crippen MR) is 95.1 cm³/mol. The van der Waals surface area contributed by atoms with Gasteiger partial charge in [-0.3, -0.25) is 4.79 Å². The Bertz CT molecular complexity index is 666. The molecule has 0 aliphatic heterocycles. The summed E-state index contributed by atoms with van der Waals surface area (Å²) in [6, 6.07) is 12.7. The zero-order valence-corrected chi connectivity index (χ0v) is 14.7. The molecule has 2 aromatic carbocycles. The van der Waals surface area contributed by atoms with Gasteiger partial charge in [0.1, 0.15) is 17.1 Å². The summed E-state index contributed by atoms with van der Waals surface area (Å²) in [5.74, 6) is 0.486. The van der Waals surface area contributed by atoms with Gasteiger partial charge in [0.2, 0.25) is 0 Å². The molecule has 0 spiro atoms.